The predicted octanol–water partition coefficient (Wildman–Crippen LogP) is 3.85. The summed E-state index contributed by atoms with van der Waals surface area (Å²) < 4.78 is 38.2. The molecule has 0 aliphatic rings. The van der Waals surface area contributed by atoms with Crippen molar-refractivity contribution in [2.24, 2.45) is 0 Å². The molecule has 2 aromatic carbocycles. The fourth-order valence-electron chi connectivity index (χ4n) is 3.10. The van der Waals surface area contributed by atoms with Crippen LogP contribution >= 0.6 is 15.9 Å². The van der Waals surface area contributed by atoms with E-state index in [2.05, 4.69) is 21.2 Å². The van der Waals surface area contributed by atoms with Crippen LogP contribution in [0.4, 0.5) is 5.69 Å². The van der Waals surface area contributed by atoms with Crippen LogP contribution in [0.3, 0.4) is 0 Å². The fourth-order valence-corrected chi connectivity index (χ4v) is 4.96. The van der Waals surface area contributed by atoms with Gasteiger partial charge >= 0.3 is 5.63 Å². The van der Waals surface area contributed by atoms with E-state index in [-0.39, 0.29) is 21.9 Å². The number of anilines is 1. The summed E-state index contributed by atoms with van der Waals surface area (Å²) in [4.78, 5) is 25.2. The quantitative estimate of drug-likeness (QED) is 0.485. The van der Waals surface area contributed by atoms with Crippen molar-refractivity contribution in [3.05, 3.63) is 62.9 Å². The first-order valence-corrected chi connectivity index (χ1v) is 11.7. The number of nitrogens with one attached hydrogen (secondary N) is 1. The molecule has 31 heavy (non-hydrogen) atoms. The Morgan fingerprint density at radius 3 is 2.48 bits per heavy atom. The summed E-state index contributed by atoms with van der Waals surface area (Å²) in [6, 6.07) is 10.6. The number of carbonyl (C=O) groups is 1. The van der Waals surface area contributed by atoms with Crippen LogP contribution in [0.2, 0.25) is 0 Å². The molecule has 1 aromatic heterocycles. The Morgan fingerprint density at radius 2 is 1.84 bits per heavy atom. The molecule has 0 spiro atoms. The normalized spacial score (nSPS) is 11.6. The average Bonchev–Trinajstić information content (AvgIpc) is 2.74. The number of carbonyl (C=O) groups excluding carboxylic acids is 1. The number of ether oxygens (including phenoxy) is 1. The van der Waals surface area contributed by atoms with Gasteiger partial charge < -0.3 is 14.5 Å². The van der Waals surface area contributed by atoms with Gasteiger partial charge in [-0.3, -0.25) is 4.79 Å². The van der Waals surface area contributed by atoms with Crippen molar-refractivity contribution in [3.8, 4) is 5.75 Å². The third kappa shape index (κ3) is 4.65. The lowest BCUT2D eigenvalue weighted by Gasteiger charge is -2.19. The van der Waals surface area contributed by atoms with E-state index < -0.39 is 21.6 Å². The molecule has 0 bridgehead atoms. The van der Waals surface area contributed by atoms with Crippen molar-refractivity contribution in [2.75, 3.05) is 25.5 Å². The highest BCUT2D eigenvalue weighted by Crippen LogP contribution is 2.29. The SMILES string of the molecule is CCN(CC)S(=O)(=O)c1ccc(OC)c(NC(=O)c2cc3cc(Br)ccc3oc2=O)c1. The number of benzene rings is 2. The van der Waals surface area contributed by atoms with E-state index in [1.807, 2.05) is 0 Å². The maximum Gasteiger partial charge on any atom is 0.349 e. The molecule has 164 valence electrons. The number of nitrogens with zero attached hydrogens (tertiary/aromatic N) is 1. The molecule has 0 fully saturated rings. The average molecular weight is 509 g/mol. The second-order valence-corrected chi connectivity index (χ2v) is 9.39. The highest BCUT2D eigenvalue weighted by atomic mass is 79.9. The van der Waals surface area contributed by atoms with E-state index in [0.717, 1.165) is 4.47 Å². The van der Waals surface area contributed by atoms with Crippen LogP contribution < -0.4 is 15.7 Å². The third-order valence-electron chi connectivity index (χ3n) is 4.70. The summed E-state index contributed by atoms with van der Waals surface area (Å²) in [5.41, 5.74) is -0.563. The molecule has 3 rings (SSSR count). The zero-order valence-electron chi connectivity index (χ0n) is 17.1. The van der Waals surface area contributed by atoms with Crippen LogP contribution in [-0.2, 0) is 10.0 Å². The van der Waals surface area contributed by atoms with E-state index in [1.165, 1.54) is 35.7 Å². The molecule has 0 aliphatic heterocycles. The molecular formula is C21H21BrN2O6S. The van der Waals surface area contributed by atoms with Crippen LogP contribution in [0.25, 0.3) is 11.0 Å². The van der Waals surface area contributed by atoms with Crippen molar-refractivity contribution in [3.63, 3.8) is 0 Å². The Kier molecular flexibility index (Phi) is 6.83. The van der Waals surface area contributed by atoms with Gasteiger partial charge in [-0.15, -0.1) is 0 Å². The van der Waals surface area contributed by atoms with Crippen molar-refractivity contribution >= 4 is 48.5 Å². The van der Waals surface area contributed by atoms with Crippen LogP contribution in [0.1, 0.15) is 24.2 Å². The molecule has 8 nitrogen and oxygen atoms in total. The number of methoxy groups -OCH3 is 1. The summed E-state index contributed by atoms with van der Waals surface area (Å²) in [5, 5.41) is 3.13. The van der Waals surface area contributed by atoms with Crippen molar-refractivity contribution < 1.29 is 22.4 Å². The highest BCUT2D eigenvalue weighted by molar-refractivity contribution is 9.10. The molecule has 1 N–H and O–H groups in total. The Balaban J connectivity index is 2.02. The number of hydrogen-bond donors (Lipinski definition) is 1. The standard InChI is InChI=1S/C21H21BrN2O6S/c1-4-24(5-2)31(27,28)15-7-9-19(29-3)17(12-15)23-20(25)16-11-13-10-14(22)6-8-18(13)30-21(16)26/h6-12H,4-5H2,1-3H3,(H,23,25). The molecule has 10 heteroatoms. The fraction of sp³-hybridized carbons (Fsp3) is 0.238. The van der Waals surface area contributed by atoms with Gasteiger partial charge in [0.1, 0.15) is 16.9 Å². The lowest BCUT2D eigenvalue weighted by Crippen LogP contribution is -2.30. The smallest absolute Gasteiger partial charge is 0.349 e. The van der Waals surface area contributed by atoms with Crippen LogP contribution in [0.15, 0.2) is 61.0 Å². The maximum atomic E-state index is 12.8. The minimum absolute atomic E-state index is 0.00164. The number of fused-ring (bicyclic) bond motifs is 1. The van der Waals surface area contributed by atoms with E-state index in [0.29, 0.717) is 24.1 Å². The number of amides is 1. The Hall–Kier alpha value is -2.69. The van der Waals surface area contributed by atoms with Gasteiger partial charge in [-0.1, -0.05) is 29.8 Å². The van der Waals surface area contributed by atoms with Crippen LogP contribution in [-0.4, -0.2) is 38.8 Å². The van der Waals surface area contributed by atoms with Gasteiger partial charge in [0, 0.05) is 22.9 Å². The number of sulfonamides is 1. The first kappa shape index (κ1) is 23.0. The molecule has 0 atom stereocenters. The second-order valence-electron chi connectivity index (χ2n) is 6.54. The topological polar surface area (TPSA) is 106 Å². The molecule has 0 aliphatic carbocycles. The molecule has 1 heterocycles. The van der Waals surface area contributed by atoms with Gasteiger partial charge in [0.25, 0.3) is 5.91 Å². The lowest BCUT2D eigenvalue weighted by atomic mass is 10.1. The number of hydrogen-bond acceptors (Lipinski definition) is 6. The zero-order valence-corrected chi connectivity index (χ0v) is 19.5. The summed E-state index contributed by atoms with van der Waals surface area (Å²) in [7, 11) is -2.36. The first-order valence-electron chi connectivity index (χ1n) is 9.44. The van der Waals surface area contributed by atoms with Gasteiger partial charge in [0.05, 0.1) is 17.7 Å². The first-order chi connectivity index (χ1) is 14.7. The minimum atomic E-state index is -3.75. The molecule has 3 aromatic rings. The van der Waals surface area contributed by atoms with Gasteiger partial charge in [-0.25, -0.2) is 13.2 Å². The summed E-state index contributed by atoms with van der Waals surface area (Å²) in [5.74, 6) is -0.494. The largest absolute Gasteiger partial charge is 0.495 e. The van der Waals surface area contributed by atoms with E-state index in [1.54, 1.807) is 32.0 Å². The molecule has 1 amide bonds. The number of halogens is 1. The number of rotatable bonds is 7. The van der Waals surface area contributed by atoms with E-state index in [9.17, 15) is 18.0 Å². The molecular weight excluding hydrogens is 488 g/mol. The van der Waals surface area contributed by atoms with Crippen LogP contribution in [0.5, 0.6) is 5.75 Å². The monoisotopic (exact) mass is 508 g/mol. The second kappa shape index (κ2) is 9.21. The van der Waals surface area contributed by atoms with Crippen molar-refractivity contribution in [1.29, 1.82) is 0 Å². The van der Waals surface area contributed by atoms with Gasteiger partial charge in [0.15, 0.2) is 0 Å². The van der Waals surface area contributed by atoms with Gasteiger partial charge in [0.2, 0.25) is 10.0 Å². The summed E-state index contributed by atoms with van der Waals surface area (Å²) in [6.07, 6.45) is 0. The van der Waals surface area contributed by atoms with Crippen molar-refractivity contribution in [1.82, 2.24) is 4.31 Å². The molecule has 0 saturated carbocycles. The molecule has 0 radical (unpaired) electrons. The van der Waals surface area contributed by atoms with Gasteiger partial charge in [-0.2, -0.15) is 4.31 Å². The predicted molar refractivity (Wildman–Crippen MR) is 121 cm³/mol. The summed E-state index contributed by atoms with van der Waals surface area (Å²) >= 11 is 3.34. The van der Waals surface area contributed by atoms with E-state index >= 15 is 0 Å². The highest BCUT2D eigenvalue weighted by Gasteiger charge is 2.24. The molecule has 0 unspecified atom stereocenters. The maximum absolute atomic E-state index is 12.8. The van der Waals surface area contributed by atoms with Gasteiger partial charge in [-0.05, 0) is 42.5 Å². The zero-order chi connectivity index (χ0) is 22.8. The Morgan fingerprint density at radius 1 is 1.13 bits per heavy atom. The minimum Gasteiger partial charge on any atom is -0.495 e. The van der Waals surface area contributed by atoms with E-state index in [4.69, 9.17) is 9.15 Å². The van der Waals surface area contributed by atoms with Crippen LogP contribution in [0, 0.1) is 0 Å². The Labute approximate surface area is 188 Å². The van der Waals surface area contributed by atoms with Crippen molar-refractivity contribution in [2.45, 2.75) is 18.7 Å². The summed E-state index contributed by atoms with van der Waals surface area (Å²) in [6.45, 7) is 4.09. The third-order valence-corrected chi connectivity index (χ3v) is 7.24. The lowest BCUT2D eigenvalue weighted by molar-refractivity contribution is 0.102. The molecule has 0 saturated heterocycles. The Bertz CT molecular complexity index is 1300.